The number of hydrogen-bond acceptors (Lipinski definition) is 1. The Morgan fingerprint density at radius 3 is 1.73 bits per heavy atom. The van der Waals surface area contributed by atoms with Crippen LogP contribution in [0.4, 0.5) is 0 Å². The van der Waals surface area contributed by atoms with Crippen molar-refractivity contribution in [3.63, 3.8) is 0 Å². The van der Waals surface area contributed by atoms with E-state index in [2.05, 4.69) is 0 Å². The van der Waals surface area contributed by atoms with Crippen LogP contribution in [0.25, 0.3) is 0 Å². The molecule has 0 amide bonds. The van der Waals surface area contributed by atoms with Crippen molar-refractivity contribution in [2.24, 2.45) is 0 Å². The van der Waals surface area contributed by atoms with Crippen LogP contribution in [0.2, 0.25) is 0 Å². The van der Waals surface area contributed by atoms with Gasteiger partial charge in [-0.1, -0.05) is 0 Å². The second-order valence-electron chi connectivity index (χ2n) is 2.45. The van der Waals surface area contributed by atoms with Gasteiger partial charge in [0.2, 0.25) is 0 Å². The Hall–Kier alpha value is -0.471. The molecule has 0 spiro atoms. The molecule has 3 N–H and O–H groups in total. The molecule has 0 aromatic carbocycles. The van der Waals surface area contributed by atoms with Crippen molar-refractivity contribution in [3.05, 3.63) is 11.5 Å². The molecule has 0 heterocycles. The van der Waals surface area contributed by atoms with Crippen LogP contribution in [0.3, 0.4) is 0 Å². The molecule has 0 aliphatic rings. The van der Waals surface area contributed by atoms with Gasteiger partial charge in [0.25, 0.3) is 0 Å². The van der Waals surface area contributed by atoms with Gasteiger partial charge in [0.05, 0.1) is 6.92 Å². The third kappa shape index (κ3) is 4.06. The van der Waals surface area contributed by atoms with Gasteiger partial charge in [0.15, 0.2) is 5.57 Å². The minimum absolute atomic E-state index is 0. The monoisotopic (exact) mass is 201 g/mol. The summed E-state index contributed by atoms with van der Waals surface area (Å²) in [6, 6.07) is 0. The molecule has 0 aliphatic heterocycles. The van der Waals surface area contributed by atoms with Crippen LogP contribution in [-0.2, 0) is 17.1 Å². The molecular weight excluding hydrogens is 186 g/mol. The van der Waals surface area contributed by atoms with Crippen molar-refractivity contribution >= 4 is 5.78 Å². The topological polar surface area (TPSA) is 47.5 Å². The first-order valence-corrected chi connectivity index (χ1v) is 3.09. The maximum Gasteiger partial charge on any atom is 0.344 e. The summed E-state index contributed by atoms with van der Waals surface area (Å²) in [5.74, 6) is 0.554. The molecule has 0 saturated heterocycles. The normalized spacial score (nSPS) is 11.3. The molecule has 0 saturated carbocycles. The maximum atomic E-state index is 8.95. The van der Waals surface area contributed by atoms with Crippen LogP contribution in [-0.4, -0.2) is 34.7 Å². The van der Waals surface area contributed by atoms with E-state index in [-0.39, 0.29) is 22.9 Å². The predicted octanol–water partition coefficient (Wildman–Crippen LogP) is 0.0664. The zero-order valence-electron chi connectivity index (χ0n) is 7.25. The van der Waals surface area contributed by atoms with Crippen molar-refractivity contribution in [1.29, 1.82) is 0 Å². The molecule has 0 aliphatic carbocycles. The van der Waals surface area contributed by atoms with E-state index in [1.54, 1.807) is 32.8 Å². The number of nitrogens with zero attached hydrogens (tertiary/aromatic N) is 1. The first kappa shape index (κ1) is 13.1. The Morgan fingerprint density at radius 1 is 1.27 bits per heavy atom. The second-order valence-corrected chi connectivity index (χ2v) is 2.45. The number of hydrogen-bond donors (Lipinski definition) is 0. The van der Waals surface area contributed by atoms with Crippen LogP contribution in [0, 0.1) is 0 Å². The van der Waals surface area contributed by atoms with Crippen LogP contribution in [0.1, 0.15) is 13.8 Å². The molecule has 0 rings (SSSR count). The second kappa shape index (κ2) is 5.22. The fourth-order valence-electron chi connectivity index (χ4n) is 0.507. The molecule has 0 fully saturated rings. The van der Waals surface area contributed by atoms with Gasteiger partial charge in [0, 0.05) is 31.2 Å². The third-order valence-electron chi connectivity index (χ3n) is 1.35. The quantitative estimate of drug-likeness (QED) is 0.270. The van der Waals surface area contributed by atoms with Gasteiger partial charge in [-0.2, -0.15) is 0 Å². The fraction of sp³-hybridized carbons (Fsp3) is 0.571. The van der Waals surface area contributed by atoms with Crippen molar-refractivity contribution in [2.75, 3.05) is 14.1 Å². The average Bonchev–Trinajstić information content (AvgIpc) is 1.84. The van der Waals surface area contributed by atoms with E-state index in [0.717, 1.165) is 0 Å². The Balaban J connectivity index is 0. The summed E-state index contributed by atoms with van der Waals surface area (Å²) in [7, 11) is 3.55. The fourth-order valence-corrected chi connectivity index (χ4v) is 0.507. The van der Waals surface area contributed by atoms with Crippen LogP contribution in [0.15, 0.2) is 11.5 Å². The van der Waals surface area contributed by atoms with Gasteiger partial charge in [-0.05, 0) is 6.92 Å². The molecule has 0 aromatic heterocycles. The number of rotatable bonds is 2. The minimum Gasteiger partial charge on any atom is -0.580 e. The van der Waals surface area contributed by atoms with Crippen molar-refractivity contribution in [3.8, 4) is 0 Å². The van der Waals surface area contributed by atoms with E-state index in [1.165, 1.54) is 0 Å². The first-order valence-electron chi connectivity index (χ1n) is 3.09. The molecule has 66 valence electrons. The van der Waals surface area contributed by atoms with E-state index in [4.69, 9.17) is 9.90 Å². The Bertz CT molecular complexity index is 175. The summed E-state index contributed by atoms with van der Waals surface area (Å²) < 4.78 is 0. The summed E-state index contributed by atoms with van der Waals surface area (Å²) in [6.45, 7) is 3.30. The van der Waals surface area contributed by atoms with E-state index < -0.39 is 0 Å². The molecule has 4 heteroatoms. The van der Waals surface area contributed by atoms with Crippen LogP contribution < -0.4 is 0 Å². The predicted molar refractivity (Wildman–Crippen MR) is 42.6 cm³/mol. The maximum absolute atomic E-state index is 8.95. The molecule has 0 unspecified atom stereocenters. The van der Waals surface area contributed by atoms with Crippen LogP contribution in [0.5, 0.6) is 0 Å². The van der Waals surface area contributed by atoms with E-state index >= 15 is 0 Å². The average molecular weight is 201 g/mol. The third-order valence-corrected chi connectivity index (χ3v) is 1.35. The standard InChI is InChI=1S/C7H13NO2.Fe/c1-5(6(2)9)7(10)8(3)4;/h10H,1-4H3;/p+2/b7-5-;. The molecule has 0 bridgehead atoms. The zero-order chi connectivity index (χ0) is 8.31. The SMILES string of the molecule is CC(=[OH+])/C(C)=C(\[OH2+])N(C)C.[Fe]. The van der Waals surface area contributed by atoms with Gasteiger partial charge in [-0.25, -0.2) is 0 Å². The summed E-state index contributed by atoms with van der Waals surface area (Å²) in [5, 5.41) is 7.39. The molecule has 0 aromatic rings. The first-order chi connectivity index (χ1) is 4.46. The van der Waals surface area contributed by atoms with Gasteiger partial charge in [0.1, 0.15) is 0 Å². The molecule has 3 nitrogen and oxygen atoms in total. The van der Waals surface area contributed by atoms with Gasteiger partial charge >= 0.3 is 11.7 Å². The Morgan fingerprint density at radius 2 is 1.64 bits per heavy atom. The Labute approximate surface area is 77.6 Å². The summed E-state index contributed by atoms with van der Waals surface area (Å²) in [5.41, 5.74) is 0.616. The van der Waals surface area contributed by atoms with Crippen molar-refractivity contribution < 1.29 is 27.0 Å². The number of allylic oxidation sites excluding steroid dienone is 1. The van der Waals surface area contributed by atoms with E-state index in [1.807, 2.05) is 0 Å². The van der Waals surface area contributed by atoms with Crippen molar-refractivity contribution in [1.82, 2.24) is 4.90 Å². The Kier molecular flexibility index (Phi) is 6.23. The van der Waals surface area contributed by atoms with Gasteiger partial charge < -0.3 is 10.0 Å². The summed E-state index contributed by atoms with van der Waals surface area (Å²) in [6.07, 6.45) is 0. The van der Waals surface area contributed by atoms with E-state index in [0.29, 0.717) is 11.5 Å². The molecule has 0 atom stereocenters. The smallest absolute Gasteiger partial charge is 0.344 e. The minimum atomic E-state index is 0. The van der Waals surface area contributed by atoms with Gasteiger partial charge in [-0.3, -0.25) is 4.79 Å². The molecular formula is C7H15FeNO2+2. The summed E-state index contributed by atoms with van der Waals surface area (Å²) >= 11 is 0. The molecule has 0 radical (unpaired) electrons. The van der Waals surface area contributed by atoms with Crippen molar-refractivity contribution in [2.45, 2.75) is 13.8 Å². The summed E-state index contributed by atoms with van der Waals surface area (Å²) in [4.78, 5) is 10.6. The number of carbonyl (C=O) groups excluding carboxylic acids is 1. The zero-order valence-corrected chi connectivity index (χ0v) is 8.35. The van der Waals surface area contributed by atoms with E-state index in [9.17, 15) is 0 Å². The van der Waals surface area contributed by atoms with Crippen LogP contribution >= 0.6 is 0 Å². The molecule has 11 heavy (non-hydrogen) atoms. The van der Waals surface area contributed by atoms with Gasteiger partial charge in [-0.15, -0.1) is 0 Å². The number of ketones is 1. The largest absolute Gasteiger partial charge is 0.580 e.